The summed E-state index contributed by atoms with van der Waals surface area (Å²) in [7, 11) is -7.95. The Hall–Kier alpha value is -8.97. The van der Waals surface area contributed by atoms with Gasteiger partial charge < -0.3 is 64.5 Å². The maximum absolute atomic E-state index is 12.4. The molecule has 5 aromatic heterocycles. The van der Waals surface area contributed by atoms with Crippen LogP contribution in [0.4, 0.5) is 38.9 Å². The number of halogens is 1. The predicted octanol–water partition coefficient (Wildman–Crippen LogP) is 14.8. The predicted molar refractivity (Wildman–Crippen MR) is 491 cm³/mol. The summed E-state index contributed by atoms with van der Waals surface area (Å²) in [6, 6.07) is 32.3. The van der Waals surface area contributed by atoms with E-state index >= 15 is 0 Å². The number of nitrogens with zero attached hydrogens (tertiary/aromatic N) is 11. The first-order chi connectivity index (χ1) is 56.7. The lowest BCUT2D eigenvalue weighted by atomic mass is 9.87. The summed E-state index contributed by atoms with van der Waals surface area (Å²) in [5.41, 5.74) is 15.3. The molecule has 7 aliphatic heterocycles. The van der Waals surface area contributed by atoms with Crippen molar-refractivity contribution in [2.75, 3.05) is 166 Å². The molecule has 8 fully saturated rings. The normalized spacial score (nSPS) is 20.1. The van der Waals surface area contributed by atoms with Crippen molar-refractivity contribution in [1.29, 1.82) is 0 Å². The van der Waals surface area contributed by atoms with Gasteiger partial charge in [0.05, 0.1) is 24.3 Å². The summed E-state index contributed by atoms with van der Waals surface area (Å²) in [5, 5.41) is 9.57. The van der Waals surface area contributed by atoms with E-state index in [-0.39, 0.29) is 23.4 Å². The van der Waals surface area contributed by atoms with Crippen LogP contribution < -0.4 is 34.7 Å². The molecule has 120 heavy (non-hydrogen) atoms. The Balaban J connectivity index is 0.000000123. The number of piperazine rings is 4. The Morgan fingerprint density at radius 2 is 0.825 bits per heavy atom. The maximum Gasteiger partial charge on any atom is 0.324 e. The van der Waals surface area contributed by atoms with E-state index < -0.39 is 46.7 Å². The highest BCUT2D eigenvalue weighted by molar-refractivity contribution is 7.88. The Labute approximate surface area is 713 Å². The molecular formula is C90H124ClN17O9S3. The standard InChI is InChI=1S/C20H29N3O2S.C19H27N3O.C18H27N3O2S.C17H24N4O2S.C16H17ClN4O2/c1-20(2)14-22(10-11-23(20)26(3,24)25)19-13-16(15-6-4-5-7-15)12-18-17(19)8-9-21-18;1-13(2)15-10-17-16(6-7-20-17)18(11-15)21-8-9-22(14(3)23)19(4,5)12-21;1-13(2)14-10-16-15(6-7-19-16)17(11-14)20-8-9-21(24(5,22)23)18(3,4)12-20;1-24(22,23)21-10-8-20(9-11-21)17-13-14(19-6-2-3-7-19)12-16-15(17)4-5-18-16;1-20-14(22)16(19-15(20)23)3-6-21(7-4-16)13-9-10(17)8-12-11(13)2-5-18-12/h8-9,12-13,15,21H,4-7,10-11,14H2,1-3H3;6-7,10-11,13,20H,8-9,12H2,1-5H3;6-7,10-11,13,19H,8-9,12H2,1-5H3;4-5,12-13,18H,2-3,6-11H2,1H3;2,5,8-9,18H,3-4,6-7H2,1H3,(H,19,23). The van der Waals surface area contributed by atoms with Gasteiger partial charge in [-0.2, -0.15) is 12.9 Å². The number of imide groups is 1. The fourth-order valence-electron chi connectivity index (χ4n) is 19.7. The van der Waals surface area contributed by atoms with Crippen LogP contribution in [-0.4, -0.2) is 250 Å². The van der Waals surface area contributed by atoms with E-state index in [1.807, 2.05) is 81.8 Å². The number of aromatic amines is 5. The van der Waals surface area contributed by atoms with E-state index in [9.17, 15) is 39.6 Å². The van der Waals surface area contributed by atoms with Crippen molar-refractivity contribution in [2.45, 2.75) is 167 Å². The van der Waals surface area contributed by atoms with Crippen LogP contribution in [-0.2, 0) is 39.7 Å². The molecule has 1 aliphatic carbocycles. The van der Waals surface area contributed by atoms with Crippen LogP contribution >= 0.6 is 11.6 Å². The third kappa shape index (κ3) is 18.5. The van der Waals surface area contributed by atoms with Gasteiger partial charge in [0.25, 0.3) is 5.91 Å². The molecule has 1 saturated carbocycles. The lowest BCUT2D eigenvalue weighted by Crippen LogP contribution is -2.60. The Kier molecular flexibility index (Phi) is 25.0. The van der Waals surface area contributed by atoms with Gasteiger partial charge >= 0.3 is 6.03 Å². The number of fused-ring (bicyclic) bond motifs is 5. The van der Waals surface area contributed by atoms with E-state index in [1.165, 1.54) is 147 Å². The molecule has 26 nitrogen and oxygen atoms in total. The third-order valence-electron chi connectivity index (χ3n) is 26.0. The van der Waals surface area contributed by atoms with Crippen molar-refractivity contribution in [3.05, 3.63) is 144 Å². The number of likely N-dealkylation sites (N-methyl/N-ethyl adjacent to an activating group) is 1. The molecule has 30 heteroatoms. The van der Waals surface area contributed by atoms with Gasteiger partial charge in [-0.05, 0) is 206 Å². The second-order valence-electron chi connectivity index (χ2n) is 36.7. The van der Waals surface area contributed by atoms with Crippen LogP contribution in [0.15, 0.2) is 122 Å². The van der Waals surface area contributed by atoms with Gasteiger partial charge in [-0.3, -0.25) is 14.5 Å². The van der Waals surface area contributed by atoms with Crippen LogP contribution in [0.5, 0.6) is 0 Å². The topological polar surface area (TPSA) is 280 Å². The fraction of sp³-hybridized carbons (Fsp3) is 0.522. The summed E-state index contributed by atoms with van der Waals surface area (Å²) >= 11 is 6.22. The molecule has 8 aliphatic rings. The highest BCUT2D eigenvalue weighted by atomic mass is 35.5. The van der Waals surface area contributed by atoms with Crippen molar-refractivity contribution in [1.82, 2.24) is 53.0 Å². The molecule has 648 valence electrons. The molecule has 4 amide bonds. The number of aromatic nitrogens is 5. The SMILES string of the molecule is CC(=O)N1CCN(c2cc(C(C)C)cc3[nH]ccc23)CC1(C)C.CC(C)c1cc(N2CCN(S(C)(=O)=O)C(C)(C)C2)c2cc[nH]c2c1.CC1(C)CN(c2cc(C3CCCC3)cc3[nH]ccc23)CCN1S(C)(=O)=O.CN1C(=O)NC2(CCN(c3cc(Cl)cc4[nH]ccc34)CC2)C1=O.CS(=O)(=O)N1CCN(c2cc(N3CCCC3)cc3[nH]ccc23)CC1. The highest BCUT2D eigenvalue weighted by Gasteiger charge is 2.51. The number of rotatable bonds is 12. The monoisotopic (exact) mass is 1720 g/mol. The number of piperidine rings is 1. The molecule has 18 rings (SSSR count). The average Bonchev–Trinajstić information content (AvgIpc) is 1.81. The summed E-state index contributed by atoms with van der Waals surface area (Å²) in [6.07, 6.45) is 22.7. The zero-order valence-corrected chi connectivity index (χ0v) is 75.9. The first kappa shape index (κ1) is 87.4. The van der Waals surface area contributed by atoms with Crippen LogP contribution in [0.3, 0.4) is 0 Å². The Morgan fingerprint density at radius 1 is 0.433 bits per heavy atom. The number of benzene rings is 5. The summed E-state index contributed by atoms with van der Waals surface area (Å²) in [5.74, 6) is 1.64. The molecule has 7 saturated heterocycles. The number of amides is 4. The lowest BCUT2D eigenvalue weighted by Gasteiger charge is -2.47. The number of anilines is 6. The lowest BCUT2D eigenvalue weighted by molar-refractivity contribution is -0.134. The van der Waals surface area contributed by atoms with E-state index in [2.05, 4.69) is 174 Å². The second kappa shape index (κ2) is 34.4. The molecule has 0 bridgehead atoms. The first-order valence-electron chi connectivity index (χ1n) is 42.7. The zero-order valence-electron chi connectivity index (χ0n) is 72.7. The number of hydrogen-bond acceptors (Lipinski definition) is 15. The van der Waals surface area contributed by atoms with Crippen LogP contribution in [0.1, 0.15) is 162 Å². The van der Waals surface area contributed by atoms with Crippen LogP contribution in [0.25, 0.3) is 54.5 Å². The molecule has 0 atom stereocenters. The van der Waals surface area contributed by atoms with Crippen molar-refractivity contribution in [3.63, 3.8) is 0 Å². The maximum atomic E-state index is 12.4. The minimum Gasteiger partial charge on any atom is -0.371 e. The number of carbonyl (C=O) groups is 3. The number of nitrogens with one attached hydrogen (secondary N) is 6. The van der Waals surface area contributed by atoms with E-state index in [1.54, 1.807) is 19.8 Å². The molecule has 5 aromatic carbocycles. The fourth-order valence-corrected chi connectivity index (χ4v) is 23.5. The summed E-state index contributed by atoms with van der Waals surface area (Å²) in [4.78, 5) is 69.8. The van der Waals surface area contributed by atoms with Crippen molar-refractivity contribution in [3.8, 4) is 0 Å². The smallest absolute Gasteiger partial charge is 0.324 e. The van der Waals surface area contributed by atoms with Gasteiger partial charge in [-0.15, -0.1) is 0 Å². The molecule has 0 unspecified atom stereocenters. The van der Waals surface area contributed by atoms with E-state index in [0.29, 0.717) is 94.5 Å². The number of carbonyl (C=O) groups excluding carboxylic acids is 3. The number of hydrogen-bond donors (Lipinski definition) is 6. The average molecular weight is 1720 g/mol. The minimum absolute atomic E-state index is 0.125. The van der Waals surface area contributed by atoms with Crippen molar-refractivity contribution in [2.24, 2.45) is 0 Å². The van der Waals surface area contributed by atoms with Gasteiger partial charge in [-0.1, -0.05) is 52.1 Å². The molecular weight excluding hydrogens is 1590 g/mol. The van der Waals surface area contributed by atoms with Gasteiger partial charge in [0, 0.05) is 261 Å². The molecule has 0 radical (unpaired) electrons. The van der Waals surface area contributed by atoms with Gasteiger partial charge in [-0.25, -0.2) is 30.0 Å². The first-order valence-corrected chi connectivity index (χ1v) is 48.6. The number of urea groups is 1. The van der Waals surface area contributed by atoms with Gasteiger partial charge in [0.15, 0.2) is 0 Å². The molecule has 10 aromatic rings. The van der Waals surface area contributed by atoms with E-state index in [0.717, 1.165) is 80.0 Å². The van der Waals surface area contributed by atoms with Crippen molar-refractivity contribution < 1.29 is 39.6 Å². The number of H-pyrrole nitrogens is 5. The summed E-state index contributed by atoms with van der Waals surface area (Å²) in [6.45, 7) is 35.5. The minimum atomic E-state index is -3.19. The largest absolute Gasteiger partial charge is 0.371 e. The second-order valence-corrected chi connectivity index (χ2v) is 43.0. The number of sulfonamides is 3. The van der Waals surface area contributed by atoms with Crippen LogP contribution in [0, 0.1) is 0 Å². The zero-order chi connectivity index (χ0) is 85.9. The van der Waals surface area contributed by atoms with Gasteiger partial charge in [0.2, 0.25) is 36.0 Å². The molecule has 1 spiro atoms. The third-order valence-corrected chi connectivity index (χ3v) is 30.5. The Morgan fingerprint density at radius 3 is 1.23 bits per heavy atom. The molecule has 6 N–H and O–H groups in total. The van der Waals surface area contributed by atoms with Crippen molar-refractivity contribution >= 4 is 148 Å². The van der Waals surface area contributed by atoms with Crippen LogP contribution in [0.2, 0.25) is 5.02 Å². The van der Waals surface area contributed by atoms with Gasteiger partial charge in [0.1, 0.15) is 5.54 Å². The highest BCUT2D eigenvalue weighted by Crippen LogP contribution is 2.44. The quantitative estimate of drug-likeness (QED) is 0.0620. The Bertz CT molecular complexity index is 5760. The molecule has 12 heterocycles. The summed E-state index contributed by atoms with van der Waals surface area (Å²) < 4.78 is 76.7. The van der Waals surface area contributed by atoms with E-state index in [4.69, 9.17) is 11.6 Å².